The Bertz CT molecular complexity index is 491. The molecule has 3 rings (SSSR count). The van der Waals surface area contributed by atoms with E-state index in [1.807, 2.05) is 0 Å². The van der Waals surface area contributed by atoms with Gasteiger partial charge >= 0.3 is 0 Å². The third-order valence-electron chi connectivity index (χ3n) is 5.00. The summed E-state index contributed by atoms with van der Waals surface area (Å²) in [5.41, 5.74) is 8.75. The van der Waals surface area contributed by atoms with Crippen molar-refractivity contribution in [1.29, 1.82) is 0 Å². The third kappa shape index (κ3) is 3.43. The zero-order valence-electron chi connectivity index (χ0n) is 12.9. The second-order valence-corrected chi connectivity index (χ2v) is 7.28. The van der Waals surface area contributed by atoms with Crippen LogP contribution in [0.5, 0.6) is 0 Å². The van der Waals surface area contributed by atoms with Crippen molar-refractivity contribution < 1.29 is 0 Å². The Kier molecular flexibility index (Phi) is 4.87. The van der Waals surface area contributed by atoms with Gasteiger partial charge < -0.3 is 10.6 Å². The summed E-state index contributed by atoms with van der Waals surface area (Å²) in [6, 6.07) is 7.82. The van der Waals surface area contributed by atoms with Crippen LogP contribution in [0.1, 0.15) is 31.7 Å². The van der Waals surface area contributed by atoms with Crippen LogP contribution < -0.4 is 10.6 Å². The Morgan fingerprint density at radius 1 is 1.33 bits per heavy atom. The van der Waals surface area contributed by atoms with Crippen molar-refractivity contribution in [3.05, 3.63) is 28.2 Å². The Morgan fingerprint density at radius 3 is 2.95 bits per heavy atom. The number of hydrogen-bond acceptors (Lipinski definition) is 3. The van der Waals surface area contributed by atoms with Crippen molar-refractivity contribution >= 4 is 21.6 Å². The quantitative estimate of drug-likeness (QED) is 0.904. The Morgan fingerprint density at radius 2 is 2.19 bits per heavy atom. The molecule has 1 aromatic rings. The summed E-state index contributed by atoms with van der Waals surface area (Å²) in [6.07, 6.45) is 4.71. The van der Waals surface area contributed by atoms with Crippen molar-refractivity contribution in [1.82, 2.24) is 4.90 Å². The fourth-order valence-electron chi connectivity index (χ4n) is 3.55. The molecule has 2 unspecified atom stereocenters. The minimum Gasteiger partial charge on any atom is -0.369 e. The summed E-state index contributed by atoms with van der Waals surface area (Å²) in [6.45, 7) is 6.99. The fourth-order valence-corrected chi connectivity index (χ4v) is 4.08. The molecule has 2 atom stereocenters. The molecule has 0 radical (unpaired) electrons. The molecule has 2 aliphatic heterocycles. The Hall–Kier alpha value is -0.580. The summed E-state index contributed by atoms with van der Waals surface area (Å²) in [4.78, 5) is 5.20. The van der Waals surface area contributed by atoms with E-state index in [0.29, 0.717) is 0 Å². The van der Waals surface area contributed by atoms with E-state index in [4.69, 9.17) is 5.73 Å². The molecule has 2 aliphatic rings. The highest BCUT2D eigenvalue weighted by atomic mass is 79.9. The molecule has 4 heteroatoms. The molecule has 2 N–H and O–H groups in total. The van der Waals surface area contributed by atoms with Gasteiger partial charge in [-0.2, -0.15) is 0 Å². The van der Waals surface area contributed by atoms with E-state index in [-0.39, 0.29) is 6.04 Å². The van der Waals surface area contributed by atoms with Gasteiger partial charge in [0.1, 0.15) is 0 Å². The predicted molar refractivity (Wildman–Crippen MR) is 92.9 cm³/mol. The zero-order chi connectivity index (χ0) is 14.8. The highest BCUT2D eigenvalue weighted by Crippen LogP contribution is 2.29. The van der Waals surface area contributed by atoms with E-state index in [2.05, 4.69) is 50.9 Å². The SMILES string of the molecule is CCC(N)Cc1ccc(N2CCN3CCCC3C2)cc1Br. The molecule has 3 nitrogen and oxygen atoms in total. The Labute approximate surface area is 136 Å². The molecule has 0 spiro atoms. The van der Waals surface area contributed by atoms with Crippen LogP contribution in [-0.4, -0.2) is 43.2 Å². The molecule has 2 fully saturated rings. The van der Waals surface area contributed by atoms with E-state index in [1.165, 1.54) is 48.2 Å². The molecule has 2 saturated heterocycles. The largest absolute Gasteiger partial charge is 0.369 e. The number of nitrogens with zero attached hydrogens (tertiary/aromatic N) is 2. The second kappa shape index (κ2) is 6.67. The lowest BCUT2D eigenvalue weighted by Crippen LogP contribution is -2.50. The first-order valence-corrected chi connectivity index (χ1v) is 8.99. The summed E-state index contributed by atoms with van der Waals surface area (Å²) in [5, 5.41) is 0. The van der Waals surface area contributed by atoms with Gasteiger partial charge in [0.2, 0.25) is 0 Å². The van der Waals surface area contributed by atoms with Gasteiger partial charge in [0.05, 0.1) is 0 Å². The van der Waals surface area contributed by atoms with Gasteiger partial charge in [-0.3, -0.25) is 4.90 Å². The number of piperazine rings is 1. The van der Waals surface area contributed by atoms with E-state index in [0.717, 1.165) is 25.4 Å². The van der Waals surface area contributed by atoms with Gasteiger partial charge in [0.15, 0.2) is 0 Å². The number of anilines is 1. The highest BCUT2D eigenvalue weighted by Gasteiger charge is 2.30. The first-order valence-electron chi connectivity index (χ1n) is 8.20. The minimum atomic E-state index is 0.259. The molecular weight excluding hydrogens is 326 g/mol. The number of nitrogens with two attached hydrogens (primary N) is 1. The van der Waals surface area contributed by atoms with Gasteiger partial charge in [-0.1, -0.05) is 28.9 Å². The van der Waals surface area contributed by atoms with E-state index in [1.54, 1.807) is 0 Å². The van der Waals surface area contributed by atoms with Crippen molar-refractivity contribution in [2.75, 3.05) is 31.1 Å². The van der Waals surface area contributed by atoms with Crippen LogP contribution in [0.15, 0.2) is 22.7 Å². The lowest BCUT2D eigenvalue weighted by atomic mass is 10.0. The van der Waals surface area contributed by atoms with Crippen molar-refractivity contribution in [3.63, 3.8) is 0 Å². The van der Waals surface area contributed by atoms with Crippen molar-refractivity contribution in [2.45, 2.75) is 44.7 Å². The van der Waals surface area contributed by atoms with Gasteiger partial charge in [0.25, 0.3) is 0 Å². The van der Waals surface area contributed by atoms with Crippen LogP contribution in [0, 0.1) is 0 Å². The maximum Gasteiger partial charge on any atom is 0.0378 e. The average molecular weight is 352 g/mol. The lowest BCUT2D eigenvalue weighted by Gasteiger charge is -2.39. The summed E-state index contributed by atoms with van der Waals surface area (Å²) in [5.74, 6) is 0. The van der Waals surface area contributed by atoms with Gasteiger partial charge in [-0.15, -0.1) is 0 Å². The topological polar surface area (TPSA) is 32.5 Å². The maximum absolute atomic E-state index is 6.08. The molecular formula is C17H26BrN3. The van der Waals surface area contributed by atoms with Crippen LogP contribution in [0.2, 0.25) is 0 Å². The molecule has 1 aromatic carbocycles. The fraction of sp³-hybridized carbons (Fsp3) is 0.647. The van der Waals surface area contributed by atoms with E-state index in [9.17, 15) is 0 Å². The molecule has 116 valence electrons. The van der Waals surface area contributed by atoms with Crippen LogP contribution in [-0.2, 0) is 6.42 Å². The maximum atomic E-state index is 6.08. The normalized spacial score (nSPS) is 24.1. The minimum absolute atomic E-state index is 0.259. The average Bonchev–Trinajstić information content (AvgIpc) is 2.96. The smallest absolute Gasteiger partial charge is 0.0378 e. The zero-order valence-corrected chi connectivity index (χ0v) is 14.5. The van der Waals surface area contributed by atoms with Crippen LogP contribution in [0.4, 0.5) is 5.69 Å². The molecule has 21 heavy (non-hydrogen) atoms. The summed E-state index contributed by atoms with van der Waals surface area (Å²) >= 11 is 3.74. The Balaban J connectivity index is 1.70. The standard InChI is InChI=1S/C17H26BrN3/c1-2-14(19)10-13-5-6-15(11-17(13)18)21-9-8-20-7-3-4-16(20)12-21/h5-6,11,14,16H,2-4,7-10,12,19H2,1H3. The molecule has 2 heterocycles. The van der Waals surface area contributed by atoms with Gasteiger partial charge in [0, 0.05) is 41.9 Å². The molecule has 0 bridgehead atoms. The highest BCUT2D eigenvalue weighted by molar-refractivity contribution is 9.10. The third-order valence-corrected chi connectivity index (χ3v) is 5.73. The van der Waals surface area contributed by atoms with Crippen molar-refractivity contribution in [3.8, 4) is 0 Å². The van der Waals surface area contributed by atoms with E-state index < -0.39 is 0 Å². The predicted octanol–water partition coefficient (Wildman–Crippen LogP) is 3.01. The number of rotatable bonds is 4. The van der Waals surface area contributed by atoms with Crippen LogP contribution in [0.3, 0.4) is 0 Å². The summed E-state index contributed by atoms with van der Waals surface area (Å²) < 4.78 is 1.21. The number of fused-ring (bicyclic) bond motifs is 1. The second-order valence-electron chi connectivity index (χ2n) is 6.43. The molecule has 0 aliphatic carbocycles. The lowest BCUT2D eigenvalue weighted by molar-refractivity contribution is 0.231. The number of hydrogen-bond donors (Lipinski definition) is 1. The first-order chi connectivity index (χ1) is 10.2. The van der Waals surface area contributed by atoms with E-state index >= 15 is 0 Å². The molecule has 0 aromatic heterocycles. The monoisotopic (exact) mass is 351 g/mol. The molecule has 0 amide bonds. The van der Waals surface area contributed by atoms with Crippen LogP contribution >= 0.6 is 15.9 Å². The summed E-state index contributed by atoms with van der Waals surface area (Å²) in [7, 11) is 0. The number of halogens is 1. The van der Waals surface area contributed by atoms with Crippen LogP contribution in [0.25, 0.3) is 0 Å². The van der Waals surface area contributed by atoms with Gasteiger partial charge in [-0.05, 0) is 49.9 Å². The first kappa shape index (κ1) is 15.3. The number of benzene rings is 1. The van der Waals surface area contributed by atoms with Gasteiger partial charge in [-0.25, -0.2) is 0 Å². The molecule has 0 saturated carbocycles. The van der Waals surface area contributed by atoms with Crippen molar-refractivity contribution in [2.24, 2.45) is 5.73 Å².